The van der Waals surface area contributed by atoms with E-state index in [2.05, 4.69) is 21.7 Å². The van der Waals surface area contributed by atoms with Gasteiger partial charge in [0.25, 0.3) is 0 Å². The van der Waals surface area contributed by atoms with Crippen LogP contribution in [0.15, 0.2) is 36.4 Å². The number of likely N-dealkylation sites (tertiary alicyclic amines) is 1. The number of benzene rings is 1. The normalized spacial score (nSPS) is 18.3. The molecule has 1 aromatic carbocycles. The highest BCUT2D eigenvalue weighted by atomic mass is 32.2. The zero-order chi connectivity index (χ0) is 21.1. The molecule has 0 spiro atoms. The summed E-state index contributed by atoms with van der Waals surface area (Å²) in [7, 11) is 0. The van der Waals surface area contributed by atoms with Crippen LogP contribution in [0.4, 0.5) is 4.79 Å². The van der Waals surface area contributed by atoms with Gasteiger partial charge in [0.05, 0.1) is 29.6 Å². The minimum Gasteiger partial charge on any atom is -0.390 e. The SMILES string of the molecule is Cc1cc(C2=C(c3cccc(C#N)c3)NC(NC(=O)N3CCCC3)S2)cc(CO)n1. The molecule has 0 aliphatic carbocycles. The number of carbonyl (C=O) groups is 1. The number of hydrogen-bond acceptors (Lipinski definition) is 6. The number of aromatic nitrogens is 1. The number of pyridine rings is 1. The van der Waals surface area contributed by atoms with Crippen LogP contribution in [-0.2, 0) is 6.61 Å². The van der Waals surface area contributed by atoms with Crippen LogP contribution in [-0.4, -0.2) is 39.6 Å². The van der Waals surface area contributed by atoms with E-state index >= 15 is 0 Å². The molecular formula is C22H23N5O2S. The second-order valence-corrected chi connectivity index (χ2v) is 8.44. The van der Waals surface area contributed by atoms with Crippen molar-refractivity contribution in [1.29, 1.82) is 5.26 Å². The van der Waals surface area contributed by atoms with Gasteiger partial charge in [-0.15, -0.1) is 0 Å². The van der Waals surface area contributed by atoms with Crippen LogP contribution in [0.25, 0.3) is 10.6 Å². The van der Waals surface area contributed by atoms with Gasteiger partial charge in [0, 0.05) is 29.3 Å². The first-order valence-corrected chi connectivity index (χ1v) is 10.8. The number of thioether (sulfide) groups is 1. The monoisotopic (exact) mass is 421 g/mol. The van der Waals surface area contributed by atoms with Gasteiger partial charge in [0.15, 0.2) is 5.50 Å². The number of hydrogen-bond donors (Lipinski definition) is 3. The number of aryl methyl sites for hydroxylation is 1. The van der Waals surface area contributed by atoms with Crippen LogP contribution in [0.3, 0.4) is 0 Å². The van der Waals surface area contributed by atoms with Gasteiger partial charge in [0.1, 0.15) is 0 Å². The molecule has 2 aromatic rings. The third-order valence-electron chi connectivity index (χ3n) is 5.10. The zero-order valence-electron chi connectivity index (χ0n) is 16.7. The average molecular weight is 422 g/mol. The molecule has 154 valence electrons. The number of carbonyl (C=O) groups excluding carboxylic acids is 1. The molecule has 1 unspecified atom stereocenters. The van der Waals surface area contributed by atoms with Crippen molar-refractivity contribution in [2.24, 2.45) is 0 Å². The summed E-state index contributed by atoms with van der Waals surface area (Å²) in [4.78, 5) is 19.7. The van der Waals surface area contributed by atoms with Crippen molar-refractivity contribution in [3.05, 3.63) is 64.5 Å². The summed E-state index contributed by atoms with van der Waals surface area (Å²) in [6.45, 7) is 3.31. The lowest BCUT2D eigenvalue weighted by Crippen LogP contribution is -2.46. The van der Waals surface area contributed by atoms with Crippen molar-refractivity contribution in [2.75, 3.05) is 13.1 Å². The van der Waals surface area contributed by atoms with E-state index in [-0.39, 0.29) is 18.1 Å². The van der Waals surface area contributed by atoms with Gasteiger partial charge in [-0.2, -0.15) is 5.26 Å². The average Bonchev–Trinajstić information content (AvgIpc) is 3.43. The Bertz CT molecular complexity index is 1040. The predicted molar refractivity (Wildman–Crippen MR) is 117 cm³/mol. The van der Waals surface area contributed by atoms with Crippen LogP contribution >= 0.6 is 11.8 Å². The van der Waals surface area contributed by atoms with Crippen molar-refractivity contribution >= 4 is 28.4 Å². The van der Waals surface area contributed by atoms with E-state index in [1.54, 1.807) is 6.07 Å². The molecule has 30 heavy (non-hydrogen) atoms. The first-order valence-electron chi connectivity index (χ1n) is 9.89. The summed E-state index contributed by atoms with van der Waals surface area (Å²) in [6, 6.07) is 13.3. The van der Waals surface area contributed by atoms with Crippen LogP contribution in [0, 0.1) is 18.3 Å². The van der Waals surface area contributed by atoms with Gasteiger partial charge in [-0.25, -0.2) is 4.79 Å². The Kier molecular flexibility index (Phi) is 5.93. The molecule has 7 nitrogen and oxygen atoms in total. The Balaban J connectivity index is 1.68. The molecule has 1 fully saturated rings. The van der Waals surface area contributed by atoms with E-state index in [4.69, 9.17) is 0 Å². The van der Waals surface area contributed by atoms with Crippen molar-refractivity contribution in [2.45, 2.75) is 31.9 Å². The highest BCUT2D eigenvalue weighted by Crippen LogP contribution is 2.42. The number of aliphatic hydroxyl groups excluding tert-OH is 1. The van der Waals surface area contributed by atoms with Crippen LogP contribution < -0.4 is 10.6 Å². The number of urea groups is 1. The molecule has 0 saturated carbocycles. The fraction of sp³-hybridized carbons (Fsp3) is 0.318. The fourth-order valence-electron chi connectivity index (χ4n) is 3.71. The maximum absolute atomic E-state index is 12.6. The lowest BCUT2D eigenvalue weighted by Gasteiger charge is -2.20. The molecule has 2 amide bonds. The Morgan fingerprint density at radius 1 is 1.33 bits per heavy atom. The maximum Gasteiger partial charge on any atom is 0.319 e. The number of nitrogens with one attached hydrogen (secondary N) is 2. The number of aliphatic hydroxyl groups is 1. The summed E-state index contributed by atoms with van der Waals surface area (Å²) < 4.78 is 0. The van der Waals surface area contributed by atoms with Crippen molar-refractivity contribution in [3.8, 4) is 6.07 Å². The Morgan fingerprint density at radius 2 is 2.13 bits per heavy atom. The summed E-state index contributed by atoms with van der Waals surface area (Å²) in [5.74, 6) is 0. The Morgan fingerprint density at radius 3 is 2.87 bits per heavy atom. The highest BCUT2D eigenvalue weighted by molar-refractivity contribution is 8.09. The van der Waals surface area contributed by atoms with Crippen LogP contribution in [0.5, 0.6) is 0 Å². The number of rotatable bonds is 4. The molecule has 8 heteroatoms. The van der Waals surface area contributed by atoms with Gasteiger partial charge in [-0.05, 0) is 49.6 Å². The maximum atomic E-state index is 12.6. The van der Waals surface area contributed by atoms with E-state index in [9.17, 15) is 15.2 Å². The van der Waals surface area contributed by atoms with Gasteiger partial charge >= 0.3 is 6.03 Å². The standard InChI is InChI=1S/C22H23N5O2S/c1-14-9-17(11-18(13-28)24-14)20-19(16-6-4-5-15(10-16)12-23)25-21(30-20)26-22(29)27-7-2-3-8-27/h4-6,9-11,21,25,28H,2-3,7-8,13H2,1H3,(H,26,29). The quantitative estimate of drug-likeness (QED) is 0.702. The van der Waals surface area contributed by atoms with Gasteiger partial charge in [-0.1, -0.05) is 23.9 Å². The molecule has 0 radical (unpaired) electrons. The molecular weight excluding hydrogens is 398 g/mol. The van der Waals surface area contributed by atoms with Crippen molar-refractivity contribution in [1.82, 2.24) is 20.5 Å². The third kappa shape index (κ3) is 4.27. The molecule has 1 atom stereocenters. The van der Waals surface area contributed by atoms with E-state index in [1.165, 1.54) is 11.8 Å². The molecule has 3 heterocycles. The zero-order valence-corrected chi connectivity index (χ0v) is 17.5. The van der Waals surface area contributed by atoms with Gasteiger partial charge < -0.3 is 20.6 Å². The predicted octanol–water partition coefficient (Wildman–Crippen LogP) is 3.01. The summed E-state index contributed by atoms with van der Waals surface area (Å²) in [5.41, 5.74) is 4.26. The number of nitrogens with zero attached hydrogens (tertiary/aromatic N) is 3. The third-order valence-corrected chi connectivity index (χ3v) is 6.24. The Labute approximate surface area is 179 Å². The van der Waals surface area contributed by atoms with E-state index < -0.39 is 0 Å². The first-order chi connectivity index (χ1) is 14.6. The molecule has 1 saturated heterocycles. The van der Waals surface area contributed by atoms with Crippen LogP contribution in [0.2, 0.25) is 0 Å². The minimum absolute atomic E-state index is 0.0779. The lowest BCUT2D eigenvalue weighted by atomic mass is 10.1. The minimum atomic E-state index is -0.333. The van der Waals surface area contributed by atoms with Gasteiger partial charge in [-0.3, -0.25) is 4.98 Å². The molecule has 4 rings (SSSR count). The summed E-state index contributed by atoms with van der Waals surface area (Å²) in [6.07, 6.45) is 2.07. The van der Waals surface area contributed by atoms with Crippen molar-refractivity contribution in [3.63, 3.8) is 0 Å². The van der Waals surface area contributed by atoms with E-state index in [0.717, 1.165) is 53.4 Å². The highest BCUT2D eigenvalue weighted by Gasteiger charge is 2.30. The van der Waals surface area contributed by atoms with E-state index in [0.29, 0.717) is 11.3 Å². The molecule has 2 aliphatic rings. The smallest absolute Gasteiger partial charge is 0.319 e. The lowest BCUT2D eigenvalue weighted by molar-refractivity contribution is 0.207. The largest absolute Gasteiger partial charge is 0.390 e. The number of nitriles is 1. The molecule has 3 N–H and O–H groups in total. The topological polar surface area (TPSA) is 101 Å². The fourth-order valence-corrected chi connectivity index (χ4v) is 4.83. The molecule has 0 bridgehead atoms. The summed E-state index contributed by atoms with van der Waals surface area (Å²) in [5, 5.41) is 25.3. The summed E-state index contributed by atoms with van der Waals surface area (Å²) >= 11 is 1.51. The second kappa shape index (κ2) is 8.78. The van der Waals surface area contributed by atoms with E-state index in [1.807, 2.05) is 42.2 Å². The molecule has 1 aromatic heterocycles. The van der Waals surface area contributed by atoms with Gasteiger partial charge in [0.2, 0.25) is 0 Å². The van der Waals surface area contributed by atoms with Crippen LogP contribution in [0.1, 0.15) is 40.9 Å². The Hall–Kier alpha value is -3.02. The first kappa shape index (κ1) is 20.3. The van der Waals surface area contributed by atoms with Crippen molar-refractivity contribution < 1.29 is 9.90 Å². The number of amides is 2. The second-order valence-electron chi connectivity index (χ2n) is 7.33. The molecule has 2 aliphatic heterocycles.